The van der Waals surface area contributed by atoms with Crippen LogP contribution in [0.15, 0.2) is 6.20 Å². The number of aromatic nitrogens is 3. The second-order valence-electron chi connectivity index (χ2n) is 6.44. The smallest absolute Gasteiger partial charge is 0.317 e. The summed E-state index contributed by atoms with van der Waals surface area (Å²) in [6.45, 7) is 3.71. The fourth-order valence-corrected chi connectivity index (χ4v) is 3.54. The van der Waals surface area contributed by atoms with Crippen LogP contribution in [-0.2, 0) is 25.6 Å². The van der Waals surface area contributed by atoms with Crippen LogP contribution < -0.4 is 5.32 Å². The molecule has 0 bridgehead atoms. The van der Waals surface area contributed by atoms with E-state index in [4.69, 9.17) is 18.9 Å². The lowest BCUT2D eigenvalue weighted by Crippen LogP contribution is -2.52. The van der Waals surface area contributed by atoms with E-state index < -0.39 is 0 Å². The van der Waals surface area contributed by atoms with Crippen molar-refractivity contribution in [2.75, 3.05) is 46.6 Å². The monoisotopic (exact) mass is 353 g/mol. The molecule has 0 unspecified atom stereocenters. The van der Waals surface area contributed by atoms with Gasteiger partial charge in [-0.1, -0.05) is 5.21 Å². The van der Waals surface area contributed by atoms with E-state index >= 15 is 0 Å². The zero-order valence-corrected chi connectivity index (χ0v) is 14.2. The molecule has 0 saturated carbocycles. The highest BCUT2D eigenvalue weighted by atomic mass is 16.6. The number of morpholine rings is 1. The van der Waals surface area contributed by atoms with Gasteiger partial charge in [-0.05, 0) is 0 Å². The first kappa shape index (κ1) is 16.7. The van der Waals surface area contributed by atoms with Crippen molar-refractivity contribution in [3.8, 4) is 0 Å². The zero-order chi connectivity index (χ0) is 17.2. The predicted octanol–water partition coefficient (Wildman–Crippen LogP) is -0.826. The van der Waals surface area contributed by atoms with Gasteiger partial charge in [0.2, 0.25) is 0 Å². The summed E-state index contributed by atoms with van der Waals surface area (Å²) in [6, 6.07) is -0.298. The standard InChI is InChI=1S/C15H23N5O5/c1-22-7-10-6-20(18-17-10)12-9-25-13-11(8-24-14(12)13)16-15(21)19-2-4-23-5-3-19/h6,11-14H,2-5,7-9H2,1H3,(H,16,21)/t11-,12-,13+,14+/m0/s1. The molecule has 3 fully saturated rings. The highest BCUT2D eigenvalue weighted by molar-refractivity contribution is 5.74. The molecular weight excluding hydrogens is 330 g/mol. The lowest BCUT2D eigenvalue weighted by atomic mass is 10.1. The Bertz CT molecular complexity index is 605. The van der Waals surface area contributed by atoms with Crippen molar-refractivity contribution in [1.29, 1.82) is 0 Å². The van der Waals surface area contributed by atoms with Crippen molar-refractivity contribution >= 4 is 6.03 Å². The van der Waals surface area contributed by atoms with Crippen LogP contribution in [0, 0.1) is 0 Å². The quantitative estimate of drug-likeness (QED) is 0.754. The highest BCUT2D eigenvalue weighted by Crippen LogP contribution is 2.34. The summed E-state index contributed by atoms with van der Waals surface area (Å²) < 4.78 is 23.9. The number of rotatable bonds is 4. The number of nitrogens with one attached hydrogen (secondary N) is 1. The normalized spacial score (nSPS) is 32.0. The minimum atomic E-state index is -0.176. The summed E-state index contributed by atoms with van der Waals surface area (Å²) in [4.78, 5) is 14.1. The van der Waals surface area contributed by atoms with Crippen LogP contribution >= 0.6 is 0 Å². The van der Waals surface area contributed by atoms with E-state index in [1.807, 2.05) is 6.20 Å². The van der Waals surface area contributed by atoms with Gasteiger partial charge in [0.15, 0.2) is 0 Å². The lowest BCUT2D eigenvalue weighted by molar-refractivity contribution is 0.0485. The second kappa shape index (κ2) is 7.24. The summed E-state index contributed by atoms with van der Waals surface area (Å²) in [5.74, 6) is 0. The van der Waals surface area contributed by atoms with Crippen LogP contribution in [0.1, 0.15) is 11.7 Å². The van der Waals surface area contributed by atoms with E-state index in [0.29, 0.717) is 46.1 Å². The summed E-state index contributed by atoms with van der Waals surface area (Å²) in [5, 5.41) is 11.3. The van der Waals surface area contributed by atoms with E-state index in [1.165, 1.54) is 0 Å². The van der Waals surface area contributed by atoms with Gasteiger partial charge in [-0.2, -0.15) is 0 Å². The Morgan fingerprint density at radius 3 is 2.92 bits per heavy atom. The molecule has 10 nitrogen and oxygen atoms in total. The summed E-state index contributed by atoms with van der Waals surface area (Å²) in [7, 11) is 1.62. The lowest BCUT2D eigenvalue weighted by Gasteiger charge is -2.29. The molecule has 4 rings (SSSR count). The van der Waals surface area contributed by atoms with Gasteiger partial charge in [0, 0.05) is 20.2 Å². The number of methoxy groups -OCH3 is 1. The Hall–Kier alpha value is -1.75. The molecule has 138 valence electrons. The first-order valence-electron chi connectivity index (χ1n) is 8.52. The van der Waals surface area contributed by atoms with Gasteiger partial charge in [0.1, 0.15) is 23.9 Å². The van der Waals surface area contributed by atoms with Crippen LogP contribution in [-0.4, -0.2) is 90.8 Å². The number of amides is 2. The third kappa shape index (κ3) is 3.34. The molecule has 0 aromatic carbocycles. The van der Waals surface area contributed by atoms with E-state index in [0.717, 1.165) is 5.69 Å². The maximum Gasteiger partial charge on any atom is 0.317 e. The maximum absolute atomic E-state index is 12.4. The van der Waals surface area contributed by atoms with Gasteiger partial charge in [-0.15, -0.1) is 5.10 Å². The fourth-order valence-electron chi connectivity index (χ4n) is 3.54. The summed E-state index contributed by atoms with van der Waals surface area (Å²) in [6.07, 6.45) is 1.53. The Balaban J connectivity index is 1.37. The average molecular weight is 353 g/mol. The minimum Gasteiger partial charge on any atom is -0.378 e. The Kier molecular flexibility index (Phi) is 4.84. The van der Waals surface area contributed by atoms with Crippen LogP contribution in [0.2, 0.25) is 0 Å². The third-order valence-electron chi connectivity index (χ3n) is 4.82. The summed E-state index contributed by atoms with van der Waals surface area (Å²) >= 11 is 0. The van der Waals surface area contributed by atoms with Crippen molar-refractivity contribution in [2.24, 2.45) is 0 Å². The molecule has 3 aliphatic rings. The topological polar surface area (TPSA) is 100.0 Å². The molecular formula is C15H23N5O5. The van der Waals surface area contributed by atoms with Gasteiger partial charge < -0.3 is 29.2 Å². The number of hydrogen-bond acceptors (Lipinski definition) is 7. The van der Waals surface area contributed by atoms with E-state index in [2.05, 4.69) is 15.6 Å². The van der Waals surface area contributed by atoms with Gasteiger partial charge in [0.05, 0.1) is 45.3 Å². The predicted molar refractivity (Wildman–Crippen MR) is 84.0 cm³/mol. The molecule has 0 aliphatic carbocycles. The zero-order valence-electron chi connectivity index (χ0n) is 14.2. The molecule has 2 amide bonds. The minimum absolute atomic E-state index is 0.0478. The number of hydrogen-bond donors (Lipinski definition) is 1. The largest absolute Gasteiger partial charge is 0.378 e. The van der Waals surface area contributed by atoms with Gasteiger partial charge in [0.25, 0.3) is 0 Å². The van der Waals surface area contributed by atoms with E-state index in [-0.39, 0.29) is 30.3 Å². The van der Waals surface area contributed by atoms with Crippen LogP contribution in [0.5, 0.6) is 0 Å². The number of fused-ring (bicyclic) bond motifs is 1. The van der Waals surface area contributed by atoms with Crippen LogP contribution in [0.25, 0.3) is 0 Å². The third-order valence-corrected chi connectivity index (χ3v) is 4.82. The average Bonchev–Trinajstić information content (AvgIpc) is 3.33. The molecule has 25 heavy (non-hydrogen) atoms. The molecule has 10 heteroatoms. The van der Waals surface area contributed by atoms with Gasteiger partial charge in [-0.3, -0.25) is 0 Å². The summed E-state index contributed by atoms with van der Waals surface area (Å²) in [5.41, 5.74) is 0.765. The number of carbonyl (C=O) groups is 1. The molecule has 0 radical (unpaired) electrons. The fraction of sp³-hybridized carbons (Fsp3) is 0.800. The van der Waals surface area contributed by atoms with Crippen molar-refractivity contribution < 1.29 is 23.7 Å². The molecule has 1 aromatic rings. The Morgan fingerprint density at radius 1 is 1.32 bits per heavy atom. The number of carbonyl (C=O) groups excluding carboxylic acids is 1. The number of ether oxygens (including phenoxy) is 4. The molecule has 1 aromatic heterocycles. The molecule has 3 aliphatic heterocycles. The molecule has 4 atom stereocenters. The molecule has 3 saturated heterocycles. The van der Waals surface area contributed by atoms with Crippen molar-refractivity contribution in [1.82, 2.24) is 25.2 Å². The van der Waals surface area contributed by atoms with Gasteiger partial charge >= 0.3 is 6.03 Å². The Labute approximate surface area is 145 Å². The second-order valence-corrected chi connectivity index (χ2v) is 6.44. The van der Waals surface area contributed by atoms with Gasteiger partial charge in [-0.25, -0.2) is 9.48 Å². The molecule has 0 spiro atoms. The number of nitrogens with zero attached hydrogens (tertiary/aromatic N) is 4. The van der Waals surface area contributed by atoms with E-state index in [1.54, 1.807) is 16.7 Å². The van der Waals surface area contributed by atoms with Crippen LogP contribution in [0.3, 0.4) is 0 Å². The molecule has 4 heterocycles. The maximum atomic E-state index is 12.4. The van der Waals surface area contributed by atoms with Crippen molar-refractivity contribution in [3.05, 3.63) is 11.9 Å². The first-order chi connectivity index (χ1) is 12.3. The first-order valence-corrected chi connectivity index (χ1v) is 8.52. The Morgan fingerprint density at radius 2 is 2.12 bits per heavy atom. The van der Waals surface area contributed by atoms with Crippen molar-refractivity contribution in [2.45, 2.75) is 30.9 Å². The van der Waals surface area contributed by atoms with E-state index in [9.17, 15) is 4.79 Å². The highest BCUT2D eigenvalue weighted by Gasteiger charge is 2.49. The SMILES string of the molecule is COCc1cn([C@H]2CO[C@H]3[C@@H]2OC[C@@H]3NC(=O)N2CCOCC2)nn1. The van der Waals surface area contributed by atoms with Crippen molar-refractivity contribution in [3.63, 3.8) is 0 Å². The van der Waals surface area contributed by atoms with Crippen LogP contribution in [0.4, 0.5) is 4.79 Å². The number of urea groups is 1. The molecule has 1 N–H and O–H groups in total.